The van der Waals surface area contributed by atoms with Crippen molar-refractivity contribution < 1.29 is 19.1 Å². The van der Waals surface area contributed by atoms with Gasteiger partial charge in [0, 0.05) is 11.5 Å². The second kappa shape index (κ2) is 6.32. The molecule has 2 fully saturated rings. The van der Waals surface area contributed by atoms with E-state index in [1.807, 2.05) is 24.3 Å². The van der Waals surface area contributed by atoms with Gasteiger partial charge in [-0.15, -0.1) is 0 Å². The lowest BCUT2D eigenvalue weighted by Crippen LogP contribution is -2.74. The van der Waals surface area contributed by atoms with Crippen LogP contribution in [0.1, 0.15) is 74.7 Å². The number of esters is 2. The van der Waals surface area contributed by atoms with Gasteiger partial charge in [0.1, 0.15) is 11.2 Å². The first-order valence-corrected chi connectivity index (χ1v) is 11.0. The number of hydrogen-bond donors (Lipinski definition) is 0. The van der Waals surface area contributed by atoms with Gasteiger partial charge >= 0.3 is 11.9 Å². The minimum Gasteiger partial charge on any atom is -0.449 e. The Balaban J connectivity index is 1.83. The van der Waals surface area contributed by atoms with Crippen molar-refractivity contribution in [1.82, 2.24) is 0 Å². The third kappa shape index (κ3) is 1.91. The van der Waals surface area contributed by atoms with Crippen molar-refractivity contribution in [1.29, 1.82) is 0 Å². The summed E-state index contributed by atoms with van der Waals surface area (Å²) in [5, 5.41) is 0. The smallest absolute Gasteiger partial charge is 0.339 e. The Labute approximate surface area is 172 Å². The summed E-state index contributed by atoms with van der Waals surface area (Å²) in [6, 6.07) is 7.73. The molecule has 2 aliphatic heterocycles. The number of fused-ring (bicyclic) bond motifs is 2. The molecule has 1 saturated heterocycles. The topological polar surface area (TPSA) is 52.6 Å². The number of unbranched alkanes of at least 4 members (excludes halogenated alkanes) is 1. The number of benzene rings is 1. The van der Waals surface area contributed by atoms with Gasteiger partial charge in [0.15, 0.2) is 5.60 Å². The molecule has 0 aromatic heterocycles. The van der Waals surface area contributed by atoms with Crippen LogP contribution in [0.15, 0.2) is 48.3 Å². The molecular weight excluding hydrogens is 364 g/mol. The third-order valence-corrected chi connectivity index (χ3v) is 7.64. The van der Waals surface area contributed by atoms with E-state index in [9.17, 15) is 9.59 Å². The summed E-state index contributed by atoms with van der Waals surface area (Å²) in [4.78, 5) is 26.5. The van der Waals surface area contributed by atoms with E-state index in [0.29, 0.717) is 5.56 Å². The van der Waals surface area contributed by atoms with E-state index < -0.39 is 16.4 Å². The molecular formula is C25H28O4. The second-order valence-corrected chi connectivity index (χ2v) is 8.83. The Kier molecular flexibility index (Phi) is 4.06. The van der Waals surface area contributed by atoms with Crippen LogP contribution in [-0.4, -0.2) is 11.9 Å². The van der Waals surface area contributed by atoms with Gasteiger partial charge < -0.3 is 9.47 Å². The zero-order chi connectivity index (χ0) is 20.3. The van der Waals surface area contributed by atoms with Gasteiger partial charge in [0.25, 0.3) is 0 Å². The first-order valence-electron chi connectivity index (χ1n) is 11.0. The average molecular weight is 392 g/mol. The zero-order valence-corrected chi connectivity index (χ0v) is 17.2. The van der Waals surface area contributed by atoms with E-state index in [1.54, 1.807) is 0 Å². The number of carbonyl (C=O) groups is 2. The predicted octanol–water partition coefficient (Wildman–Crippen LogP) is 5.44. The maximum absolute atomic E-state index is 13.5. The number of allylic oxidation sites excluding steroid dienone is 2. The SMILES string of the molecule is CCC/C=C1\OC(=O)C23C=CCCCC12C1(OC(=O)c2ccccc21)C3CCC. The fraction of sp³-hybridized carbons (Fsp3) is 0.520. The summed E-state index contributed by atoms with van der Waals surface area (Å²) in [5.74, 6) is 0.185. The highest BCUT2D eigenvalue weighted by molar-refractivity contribution is 5.98. The monoisotopic (exact) mass is 392 g/mol. The normalized spacial score (nSPS) is 38.1. The Morgan fingerprint density at radius 2 is 2.00 bits per heavy atom. The first kappa shape index (κ1) is 18.7. The summed E-state index contributed by atoms with van der Waals surface area (Å²) in [7, 11) is 0. The molecule has 152 valence electrons. The molecule has 2 aliphatic carbocycles. The molecule has 1 aromatic rings. The summed E-state index contributed by atoms with van der Waals surface area (Å²) in [6.45, 7) is 4.24. The van der Waals surface area contributed by atoms with Gasteiger partial charge in [-0.1, -0.05) is 57.0 Å². The molecule has 5 rings (SSSR count). The van der Waals surface area contributed by atoms with Gasteiger partial charge in [-0.3, -0.25) is 4.79 Å². The van der Waals surface area contributed by atoms with Crippen molar-refractivity contribution in [2.24, 2.45) is 16.7 Å². The Bertz CT molecular complexity index is 944. The van der Waals surface area contributed by atoms with Crippen LogP contribution in [-0.2, 0) is 19.9 Å². The quantitative estimate of drug-likeness (QED) is 0.506. The Hall–Kier alpha value is -2.36. The number of hydrogen-bond acceptors (Lipinski definition) is 4. The summed E-state index contributed by atoms with van der Waals surface area (Å²) in [5.41, 5.74) is -0.621. The maximum Gasteiger partial charge on any atom is 0.339 e. The Morgan fingerprint density at radius 3 is 2.79 bits per heavy atom. The highest BCUT2D eigenvalue weighted by Gasteiger charge is 2.90. The molecule has 4 nitrogen and oxygen atoms in total. The molecule has 4 aliphatic rings. The lowest BCUT2D eigenvalue weighted by Gasteiger charge is -2.67. The van der Waals surface area contributed by atoms with E-state index in [1.165, 1.54) is 0 Å². The molecule has 4 unspecified atom stereocenters. The molecule has 0 bridgehead atoms. The van der Waals surface area contributed by atoms with Crippen molar-refractivity contribution in [3.8, 4) is 0 Å². The average Bonchev–Trinajstić information content (AvgIpc) is 3.05. The van der Waals surface area contributed by atoms with E-state index in [-0.39, 0.29) is 17.9 Å². The molecule has 2 heterocycles. The van der Waals surface area contributed by atoms with Crippen LogP contribution in [0, 0.1) is 16.7 Å². The fourth-order valence-corrected chi connectivity index (χ4v) is 6.74. The van der Waals surface area contributed by atoms with E-state index in [4.69, 9.17) is 9.47 Å². The standard InChI is InChI=1S/C25H28O4/c1-3-5-14-20-24-16-10-6-9-15-23(24,22(27)28-20)19(11-4-2)25(24)18-13-8-7-12-17(18)21(26)29-25/h7-9,12-15,19H,3-6,10-11,16H2,1-2H3/b20-14-. The highest BCUT2D eigenvalue weighted by Crippen LogP contribution is 2.83. The molecule has 1 spiro atoms. The van der Waals surface area contributed by atoms with Gasteiger partial charge in [-0.2, -0.15) is 0 Å². The van der Waals surface area contributed by atoms with Crippen molar-refractivity contribution in [2.45, 2.75) is 64.4 Å². The van der Waals surface area contributed by atoms with E-state index >= 15 is 0 Å². The van der Waals surface area contributed by atoms with Crippen LogP contribution in [0.3, 0.4) is 0 Å². The summed E-state index contributed by atoms with van der Waals surface area (Å²) in [6.07, 6.45) is 12.5. The van der Waals surface area contributed by atoms with Crippen molar-refractivity contribution in [3.63, 3.8) is 0 Å². The maximum atomic E-state index is 13.5. The minimum absolute atomic E-state index is 0.109. The van der Waals surface area contributed by atoms with Crippen molar-refractivity contribution in [3.05, 3.63) is 59.4 Å². The van der Waals surface area contributed by atoms with E-state index in [0.717, 1.165) is 56.3 Å². The molecule has 1 aromatic carbocycles. The molecule has 29 heavy (non-hydrogen) atoms. The van der Waals surface area contributed by atoms with Crippen LogP contribution in [0.25, 0.3) is 0 Å². The minimum atomic E-state index is -0.822. The van der Waals surface area contributed by atoms with E-state index in [2.05, 4.69) is 32.1 Å². The van der Waals surface area contributed by atoms with Gasteiger partial charge in [-0.25, -0.2) is 4.79 Å². The van der Waals surface area contributed by atoms with Gasteiger partial charge in [0.05, 0.1) is 11.0 Å². The van der Waals surface area contributed by atoms with Crippen molar-refractivity contribution in [2.75, 3.05) is 0 Å². The first-order chi connectivity index (χ1) is 14.1. The van der Waals surface area contributed by atoms with Gasteiger partial charge in [0.2, 0.25) is 0 Å². The third-order valence-electron chi connectivity index (χ3n) is 7.64. The lowest BCUT2D eigenvalue weighted by molar-refractivity contribution is -0.267. The van der Waals surface area contributed by atoms with Gasteiger partial charge in [-0.05, 0) is 44.2 Å². The number of carbonyl (C=O) groups excluding carboxylic acids is 2. The molecule has 0 amide bonds. The second-order valence-electron chi connectivity index (χ2n) is 8.83. The predicted molar refractivity (Wildman–Crippen MR) is 109 cm³/mol. The number of cyclic esters (lactones) is 1. The highest BCUT2D eigenvalue weighted by atomic mass is 16.6. The molecule has 1 saturated carbocycles. The summed E-state index contributed by atoms with van der Waals surface area (Å²) < 4.78 is 12.4. The molecule has 4 atom stereocenters. The molecule has 4 heteroatoms. The van der Waals surface area contributed by atoms with Crippen molar-refractivity contribution >= 4 is 11.9 Å². The van der Waals surface area contributed by atoms with Crippen LogP contribution < -0.4 is 0 Å². The number of ether oxygens (including phenoxy) is 2. The number of rotatable bonds is 4. The van der Waals surface area contributed by atoms with Crippen LogP contribution in [0.2, 0.25) is 0 Å². The lowest BCUT2D eigenvalue weighted by atomic mass is 9.33. The summed E-state index contributed by atoms with van der Waals surface area (Å²) >= 11 is 0. The fourth-order valence-electron chi connectivity index (χ4n) is 6.74. The van der Waals surface area contributed by atoms with Crippen LogP contribution in [0.4, 0.5) is 0 Å². The largest absolute Gasteiger partial charge is 0.449 e. The van der Waals surface area contributed by atoms with Crippen LogP contribution >= 0.6 is 0 Å². The zero-order valence-electron chi connectivity index (χ0n) is 17.2. The molecule has 0 N–H and O–H groups in total. The molecule has 0 radical (unpaired) electrons. The van der Waals surface area contributed by atoms with Crippen LogP contribution in [0.5, 0.6) is 0 Å². The Morgan fingerprint density at radius 1 is 1.17 bits per heavy atom.